The second kappa shape index (κ2) is 9.19. The number of amides is 2. The molecule has 2 atom stereocenters. The van der Waals surface area contributed by atoms with Crippen molar-refractivity contribution in [3.05, 3.63) is 34.6 Å². The molecular formula is C18H25ClFN3O3. The van der Waals surface area contributed by atoms with Gasteiger partial charge in [0.2, 0.25) is 0 Å². The van der Waals surface area contributed by atoms with Crippen molar-refractivity contribution in [1.29, 1.82) is 0 Å². The molecule has 1 aromatic carbocycles. The number of halogens is 2. The molecule has 2 unspecified atom stereocenters. The summed E-state index contributed by atoms with van der Waals surface area (Å²) in [5, 5.41) is 12.3. The summed E-state index contributed by atoms with van der Waals surface area (Å²) in [4.78, 5) is 26.8. The highest BCUT2D eigenvalue weighted by Gasteiger charge is 2.24. The predicted molar refractivity (Wildman–Crippen MR) is 97.7 cm³/mol. The van der Waals surface area contributed by atoms with E-state index in [2.05, 4.69) is 10.2 Å². The Kier molecular flexibility index (Phi) is 7.23. The standard InChI is InChI=1S/C18H25ClFN3O3/c1-12(17(24)25)9-22(2)18(26)21-15-4-3-7-23(11-15)10-13-5-6-14(20)8-16(13)19/h5-6,8,12,15H,3-4,7,9-11H2,1-2H3,(H,21,26)(H,24,25). The summed E-state index contributed by atoms with van der Waals surface area (Å²) in [6, 6.07) is 4.09. The minimum Gasteiger partial charge on any atom is -0.481 e. The minimum absolute atomic E-state index is 0.0157. The lowest BCUT2D eigenvalue weighted by molar-refractivity contribution is -0.141. The fourth-order valence-electron chi connectivity index (χ4n) is 3.06. The number of piperidine rings is 1. The maximum absolute atomic E-state index is 13.2. The fraction of sp³-hybridized carbons (Fsp3) is 0.556. The zero-order chi connectivity index (χ0) is 19.3. The zero-order valence-electron chi connectivity index (χ0n) is 15.0. The van der Waals surface area contributed by atoms with Crippen molar-refractivity contribution in [3.63, 3.8) is 0 Å². The van der Waals surface area contributed by atoms with Gasteiger partial charge in [-0.2, -0.15) is 0 Å². The molecule has 1 heterocycles. The number of aliphatic carboxylic acids is 1. The molecule has 0 saturated carbocycles. The van der Waals surface area contributed by atoms with Crippen LogP contribution in [0.25, 0.3) is 0 Å². The Morgan fingerprint density at radius 3 is 2.88 bits per heavy atom. The van der Waals surface area contributed by atoms with Crippen molar-refractivity contribution < 1.29 is 19.1 Å². The van der Waals surface area contributed by atoms with Gasteiger partial charge >= 0.3 is 12.0 Å². The Morgan fingerprint density at radius 2 is 2.23 bits per heavy atom. The quantitative estimate of drug-likeness (QED) is 0.789. The summed E-state index contributed by atoms with van der Waals surface area (Å²) < 4.78 is 13.2. The smallest absolute Gasteiger partial charge is 0.317 e. The highest BCUT2D eigenvalue weighted by molar-refractivity contribution is 6.31. The summed E-state index contributed by atoms with van der Waals surface area (Å²) in [6.45, 7) is 3.87. The minimum atomic E-state index is -0.926. The second-order valence-corrected chi connectivity index (χ2v) is 7.29. The maximum Gasteiger partial charge on any atom is 0.317 e. The topological polar surface area (TPSA) is 72.9 Å². The van der Waals surface area contributed by atoms with Gasteiger partial charge in [0.05, 0.1) is 5.92 Å². The summed E-state index contributed by atoms with van der Waals surface area (Å²) in [7, 11) is 1.59. The Morgan fingerprint density at radius 1 is 1.50 bits per heavy atom. The van der Waals surface area contributed by atoms with Crippen molar-refractivity contribution in [2.75, 3.05) is 26.7 Å². The molecule has 0 bridgehead atoms. The van der Waals surface area contributed by atoms with Crippen LogP contribution in [0, 0.1) is 11.7 Å². The van der Waals surface area contributed by atoms with Gasteiger partial charge in [-0.3, -0.25) is 9.69 Å². The molecule has 8 heteroatoms. The highest BCUT2D eigenvalue weighted by atomic mass is 35.5. The summed E-state index contributed by atoms with van der Waals surface area (Å²) in [6.07, 6.45) is 1.79. The van der Waals surface area contributed by atoms with Gasteiger partial charge in [0.15, 0.2) is 0 Å². The molecule has 0 aromatic heterocycles. The molecule has 0 spiro atoms. The van der Waals surface area contributed by atoms with Gasteiger partial charge in [0.1, 0.15) is 5.82 Å². The number of nitrogens with zero attached hydrogens (tertiary/aromatic N) is 2. The van der Waals surface area contributed by atoms with Gasteiger partial charge in [-0.05, 0) is 37.1 Å². The first kappa shape index (κ1) is 20.5. The van der Waals surface area contributed by atoms with E-state index in [-0.39, 0.29) is 24.4 Å². The molecule has 1 fully saturated rings. The van der Waals surface area contributed by atoms with Gasteiger partial charge in [0, 0.05) is 37.7 Å². The van der Waals surface area contributed by atoms with Crippen LogP contribution in [-0.2, 0) is 11.3 Å². The van der Waals surface area contributed by atoms with E-state index in [1.54, 1.807) is 20.0 Å². The first-order valence-corrected chi connectivity index (χ1v) is 9.04. The molecule has 144 valence electrons. The molecule has 6 nitrogen and oxygen atoms in total. The van der Waals surface area contributed by atoms with Crippen LogP contribution in [0.5, 0.6) is 0 Å². The van der Waals surface area contributed by atoms with Crippen LogP contribution in [0.3, 0.4) is 0 Å². The van der Waals surface area contributed by atoms with Gasteiger partial charge in [-0.15, -0.1) is 0 Å². The highest BCUT2D eigenvalue weighted by Crippen LogP contribution is 2.21. The van der Waals surface area contributed by atoms with Gasteiger partial charge in [-0.25, -0.2) is 9.18 Å². The molecule has 1 saturated heterocycles. The molecule has 2 rings (SSSR count). The first-order valence-electron chi connectivity index (χ1n) is 8.67. The number of carbonyl (C=O) groups is 2. The number of benzene rings is 1. The molecule has 0 aliphatic carbocycles. The average Bonchev–Trinajstić information content (AvgIpc) is 2.57. The van der Waals surface area contributed by atoms with E-state index < -0.39 is 11.9 Å². The van der Waals surface area contributed by atoms with Crippen molar-refractivity contribution in [2.24, 2.45) is 5.92 Å². The number of hydrogen-bond acceptors (Lipinski definition) is 3. The van der Waals surface area contributed by atoms with E-state index in [1.807, 2.05) is 0 Å². The Labute approximate surface area is 157 Å². The Hall–Kier alpha value is -1.86. The van der Waals surface area contributed by atoms with Crippen molar-refractivity contribution in [2.45, 2.75) is 32.4 Å². The van der Waals surface area contributed by atoms with Crippen LogP contribution < -0.4 is 5.32 Å². The van der Waals surface area contributed by atoms with Crippen molar-refractivity contribution in [1.82, 2.24) is 15.1 Å². The summed E-state index contributed by atoms with van der Waals surface area (Å²) in [5.41, 5.74) is 0.854. The number of nitrogens with one attached hydrogen (secondary N) is 1. The Balaban J connectivity index is 1.87. The lowest BCUT2D eigenvalue weighted by Crippen LogP contribution is -2.51. The summed E-state index contributed by atoms with van der Waals surface area (Å²) >= 11 is 6.09. The number of carboxylic acid groups (broad SMARTS) is 1. The van der Waals surface area contributed by atoms with Crippen LogP contribution in [0.4, 0.5) is 9.18 Å². The van der Waals surface area contributed by atoms with E-state index in [0.29, 0.717) is 18.1 Å². The monoisotopic (exact) mass is 385 g/mol. The predicted octanol–water partition coefficient (Wildman–Crippen LogP) is 2.81. The number of urea groups is 1. The van der Waals surface area contributed by atoms with E-state index in [0.717, 1.165) is 24.9 Å². The molecule has 2 N–H and O–H groups in total. The summed E-state index contributed by atoms with van der Waals surface area (Å²) in [5.74, 6) is -1.90. The number of carbonyl (C=O) groups excluding carboxylic acids is 1. The van der Waals surface area contributed by atoms with Gasteiger partial charge in [0.25, 0.3) is 0 Å². The fourth-order valence-corrected chi connectivity index (χ4v) is 3.29. The number of hydrogen-bond donors (Lipinski definition) is 2. The van der Waals surface area contributed by atoms with Crippen LogP contribution in [0.15, 0.2) is 18.2 Å². The van der Waals surface area contributed by atoms with Gasteiger partial charge in [-0.1, -0.05) is 24.6 Å². The average molecular weight is 386 g/mol. The number of rotatable bonds is 6. The van der Waals surface area contributed by atoms with Crippen molar-refractivity contribution >= 4 is 23.6 Å². The van der Waals surface area contributed by atoms with Crippen molar-refractivity contribution in [3.8, 4) is 0 Å². The van der Waals surface area contributed by atoms with Crippen LogP contribution in [0.2, 0.25) is 5.02 Å². The SMILES string of the molecule is CC(CN(C)C(=O)NC1CCCN(Cc2ccc(F)cc2Cl)C1)C(=O)O. The lowest BCUT2D eigenvalue weighted by atomic mass is 10.0. The first-order chi connectivity index (χ1) is 12.3. The van der Waals surface area contributed by atoms with E-state index in [1.165, 1.54) is 17.0 Å². The molecule has 0 radical (unpaired) electrons. The molecular weight excluding hydrogens is 361 g/mol. The zero-order valence-corrected chi connectivity index (χ0v) is 15.8. The molecule has 2 amide bonds. The lowest BCUT2D eigenvalue weighted by Gasteiger charge is -2.34. The van der Waals surface area contributed by atoms with E-state index in [9.17, 15) is 14.0 Å². The largest absolute Gasteiger partial charge is 0.481 e. The molecule has 1 aliphatic rings. The number of likely N-dealkylation sites (tertiary alicyclic amines) is 1. The molecule has 1 aromatic rings. The second-order valence-electron chi connectivity index (χ2n) is 6.88. The molecule has 1 aliphatic heterocycles. The Bertz CT molecular complexity index is 659. The van der Waals surface area contributed by atoms with E-state index in [4.69, 9.17) is 16.7 Å². The third kappa shape index (κ3) is 5.85. The third-order valence-electron chi connectivity index (χ3n) is 4.56. The normalized spacial score (nSPS) is 19.0. The maximum atomic E-state index is 13.2. The van der Waals surface area contributed by atoms with Gasteiger partial charge < -0.3 is 15.3 Å². The molecule has 26 heavy (non-hydrogen) atoms. The number of carboxylic acids is 1. The van der Waals surface area contributed by atoms with Crippen LogP contribution in [-0.4, -0.2) is 59.6 Å². The van der Waals surface area contributed by atoms with E-state index >= 15 is 0 Å². The third-order valence-corrected chi connectivity index (χ3v) is 4.91. The van der Waals surface area contributed by atoms with Crippen LogP contribution >= 0.6 is 11.6 Å². The van der Waals surface area contributed by atoms with Crippen LogP contribution in [0.1, 0.15) is 25.3 Å².